The first kappa shape index (κ1) is 25.8. The van der Waals surface area contributed by atoms with Crippen LogP contribution in [-0.2, 0) is 9.53 Å². The Labute approximate surface area is 208 Å². The molecule has 4 fully saturated rings. The van der Waals surface area contributed by atoms with E-state index in [1.807, 2.05) is 20.8 Å². The van der Waals surface area contributed by atoms with Gasteiger partial charge in [0.2, 0.25) is 0 Å². The molecule has 1 aliphatic heterocycles. The van der Waals surface area contributed by atoms with Gasteiger partial charge >= 0.3 is 0 Å². The molecule has 5 rings (SSSR count). The Bertz CT molecular complexity index is 915. The second-order valence-corrected chi connectivity index (χ2v) is 13.4. The summed E-state index contributed by atoms with van der Waals surface area (Å²) in [5.74, 6) is -0.481. The number of ether oxygens (including phenoxy) is 1. The zero-order chi connectivity index (χ0) is 25.7. The van der Waals surface area contributed by atoms with Gasteiger partial charge in [-0.2, -0.15) is 0 Å². The van der Waals surface area contributed by atoms with E-state index in [1.54, 1.807) is 13.0 Å². The van der Waals surface area contributed by atoms with Gasteiger partial charge in [0.1, 0.15) is 6.10 Å². The van der Waals surface area contributed by atoms with Crippen molar-refractivity contribution in [2.24, 2.45) is 40.4 Å². The van der Waals surface area contributed by atoms with Gasteiger partial charge in [0.15, 0.2) is 5.78 Å². The molecule has 1 heterocycles. The van der Waals surface area contributed by atoms with Gasteiger partial charge in [-0.3, -0.25) is 4.79 Å². The van der Waals surface area contributed by atoms with Crippen molar-refractivity contribution in [2.75, 3.05) is 6.61 Å². The minimum atomic E-state index is -1.47. The Morgan fingerprint density at radius 3 is 2.43 bits per heavy atom. The lowest BCUT2D eigenvalue weighted by molar-refractivity contribution is -0.194. The lowest BCUT2D eigenvalue weighted by Gasteiger charge is -2.60. The Balaban J connectivity index is 1.49. The molecule has 0 bridgehead atoms. The van der Waals surface area contributed by atoms with E-state index in [0.717, 1.165) is 12.0 Å². The van der Waals surface area contributed by atoms with Crippen molar-refractivity contribution in [3.63, 3.8) is 0 Å². The van der Waals surface area contributed by atoms with Crippen LogP contribution in [0.5, 0.6) is 0 Å². The second-order valence-electron chi connectivity index (χ2n) is 13.4. The van der Waals surface area contributed by atoms with E-state index in [9.17, 15) is 30.3 Å². The highest BCUT2D eigenvalue weighted by atomic mass is 16.5. The summed E-state index contributed by atoms with van der Waals surface area (Å²) in [6.45, 7) is 10.4. The van der Waals surface area contributed by atoms with Gasteiger partial charge in [0.25, 0.3) is 0 Å². The van der Waals surface area contributed by atoms with Crippen LogP contribution in [0.3, 0.4) is 0 Å². The molecule has 0 aromatic carbocycles. The third kappa shape index (κ3) is 3.34. The van der Waals surface area contributed by atoms with Crippen LogP contribution < -0.4 is 0 Å². The van der Waals surface area contributed by atoms with Crippen LogP contribution in [0.25, 0.3) is 0 Å². The molecule has 7 heteroatoms. The Morgan fingerprint density at radius 1 is 1.11 bits per heavy atom. The lowest BCUT2D eigenvalue weighted by atomic mass is 9.45. The number of ketones is 1. The molecule has 198 valence electrons. The van der Waals surface area contributed by atoms with Crippen LogP contribution in [0.15, 0.2) is 11.6 Å². The van der Waals surface area contributed by atoms with Crippen LogP contribution in [0.1, 0.15) is 73.1 Å². The first-order valence-electron chi connectivity index (χ1n) is 13.5. The smallest absolute Gasteiger partial charge is 0.159 e. The predicted octanol–water partition coefficient (Wildman–Crippen LogP) is 1.97. The maximum Gasteiger partial charge on any atom is 0.159 e. The number of hydrogen-bond donors (Lipinski definition) is 5. The Kier molecular flexibility index (Phi) is 5.96. The van der Waals surface area contributed by atoms with E-state index in [-0.39, 0.29) is 35.9 Å². The SMILES string of the molecule is CC1CO[C@@H]([C@@H](O)[C@](C)(O)[C@H]2CC[C@@]3(O)C4=CC(=O)C5C[C@@H](O)[C@@H](O)C[C@]5(C)[C@H]4CC[C@]23C)[C@@H]1C. The van der Waals surface area contributed by atoms with Gasteiger partial charge in [-0.25, -0.2) is 0 Å². The van der Waals surface area contributed by atoms with Crippen molar-refractivity contribution >= 4 is 5.78 Å². The van der Waals surface area contributed by atoms with Crippen molar-refractivity contribution in [3.05, 3.63) is 11.6 Å². The van der Waals surface area contributed by atoms with Crippen LogP contribution >= 0.6 is 0 Å². The average molecular weight is 493 g/mol. The normalized spacial score (nSPS) is 54.3. The number of carbonyl (C=O) groups is 1. The van der Waals surface area contributed by atoms with E-state index in [0.29, 0.717) is 38.2 Å². The average Bonchev–Trinajstić information content (AvgIpc) is 3.26. The molecule has 7 nitrogen and oxygen atoms in total. The molecule has 2 unspecified atom stereocenters. The van der Waals surface area contributed by atoms with Crippen molar-refractivity contribution in [2.45, 2.75) is 109 Å². The van der Waals surface area contributed by atoms with Crippen molar-refractivity contribution in [3.8, 4) is 0 Å². The van der Waals surface area contributed by atoms with Crippen molar-refractivity contribution in [1.82, 2.24) is 0 Å². The highest BCUT2D eigenvalue weighted by molar-refractivity contribution is 5.95. The third-order valence-electron chi connectivity index (χ3n) is 11.7. The van der Waals surface area contributed by atoms with Gasteiger partial charge < -0.3 is 30.3 Å². The topological polar surface area (TPSA) is 127 Å². The third-order valence-corrected chi connectivity index (χ3v) is 11.7. The highest BCUT2D eigenvalue weighted by Crippen LogP contribution is 2.68. The quantitative estimate of drug-likeness (QED) is 0.408. The van der Waals surface area contributed by atoms with E-state index in [4.69, 9.17) is 4.74 Å². The van der Waals surface area contributed by atoms with Gasteiger partial charge in [-0.15, -0.1) is 0 Å². The first-order valence-corrected chi connectivity index (χ1v) is 13.5. The van der Waals surface area contributed by atoms with Gasteiger partial charge in [0, 0.05) is 17.9 Å². The molecule has 5 aliphatic rings. The summed E-state index contributed by atoms with van der Waals surface area (Å²) in [5.41, 5.74) is -3.26. The highest BCUT2D eigenvalue weighted by Gasteiger charge is 2.69. The van der Waals surface area contributed by atoms with E-state index in [2.05, 4.69) is 6.92 Å². The molecule has 0 aromatic rings. The minimum absolute atomic E-state index is 0.0712. The fraction of sp³-hybridized carbons (Fsp3) is 0.893. The predicted molar refractivity (Wildman–Crippen MR) is 129 cm³/mol. The molecule has 0 amide bonds. The molecule has 3 saturated carbocycles. The number of hydrogen-bond acceptors (Lipinski definition) is 7. The largest absolute Gasteiger partial charge is 0.390 e. The zero-order valence-electron chi connectivity index (χ0n) is 21.8. The fourth-order valence-electron chi connectivity index (χ4n) is 9.12. The van der Waals surface area contributed by atoms with Crippen molar-refractivity contribution in [1.29, 1.82) is 0 Å². The Morgan fingerprint density at radius 2 is 1.80 bits per heavy atom. The number of carbonyl (C=O) groups excluding carboxylic acids is 1. The van der Waals surface area contributed by atoms with Gasteiger partial charge in [-0.05, 0) is 86.2 Å². The molecule has 0 aromatic heterocycles. The Hall–Kier alpha value is -0.830. The summed E-state index contributed by atoms with van der Waals surface area (Å²) in [6, 6.07) is 0. The van der Waals surface area contributed by atoms with Crippen molar-refractivity contribution < 1.29 is 35.1 Å². The summed E-state index contributed by atoms with van der Waals surface area (Å²) in [6.07, 6.45) is 1.19. The molecule has 0 spiro atoms. The minimum Gasteiger partial charge on any atom is -0.390 e. The van der Waals surface area contributed by atoms with Gasteiger partial charge in [-0.1, -0.05) is 27.7 Å². The molecular formula is C28H44O7. The fourth-order valence-corrected chi connectivity index (χ4v) is 9.12. The maximum absolute atomic E-state index is 13.3. The van der Waals surface area contributed by atoms with E-state index in [1.165, 1.54) is 0 Å². The van der Waals surface area contributed by atoms with E-state index < -0.39 is 46.4 Å². The molecule has 35 heavy (non-hydrogen) atoms. The van der Waals surface area contributed by atoms with Gasteiger partial charge in [0.05, 0.1) is 29.5 Å². The monoisotopic (exact) mass is 492 g/mol. The number of aliphatic hydroxyl groups is 5. The first-order chi connectivity index (χ1) is 16.2. The number of fused-ring (bicyclic) bond motifs is 5. The van der Waals surface area contributed by atoms with Crippen LogP contribution in [-0.4, -0.2) is 73.5 Å². The molecule has 5 N–H and O–H groups in total. The molecule has 1 saturated heterocycles. The molecule has 4 aliphatic carbocycles. The summed E-state index contributed by atoms with van der Waals surface area (Å²) in [4.78, 5) is 13.3. The summed E-state index contributed by atoms with van der Waals surface area (Å²) in [5, 5.41) is 56.3. The summed E-state index contributed by atoms with van der Waals surface area (Å²) < 4.78 is 5.90. The molecule has 0 radical (unpaired) electrons. The molecule has 13 atom stereocenters. The summed E-state index contributed by atoms with van der Waals surface area (Å²) >= 11 is 0. The van der Waals surface area contributed by atoms with E-state index >= 15 is 0 Å². The zero-order valence-corrected chi connectivity index (χ0v) is 21.8. The lowest BCUT2D eigenvalue weighted by Crippen LogP contribution is -2.63. The van der Waals surface area contributed by atoms with Crippen LogP contribution in [0.2, 0.25) is 0 Å². The van der Waals surface area contributed by atoms with Crippen LogP contribution in [0.4, 0.5) is 0 Å². The number of aliphatic hydroxyl groups excluding tert-OH is 3. The summed E-state index contributed by atoms with van der Waals surface area (Å²) in [7, 11) is 0. The molecular weight excluding hydrogens is 448 g/mol. The second kappa shape index (κ2) is 8.08. The van der Waals surface area contributed by atoms with Crippen LogP contribution in [0, 0.1) is 40.4 Å². The number of rotatable bonds is 3. The number of allylic oxidation sites excluding steroid dienone is 1. The standard InChI is InChI=1S/C28H44O7/c1-14-13-35-23(15(14)2)24(32)27(5,33)22-7-9-28(34)17-10-19(29)18-11-20(30)21(31)12-25(18,3)16(17)6-8-26(22,28)4/h10,14-16,18,20-24,30-34H,6-9,11-13H2,1-5H3/t14?,15-,16+,18?,20-,21+,22+,23-,24-,25-,26-,27-,28-/m1/s1. The maximum atomic E-state index is 13.3.